The van der Waals surface area contributed by atoms with E-state index in [-0.39, 0.29) is 22.8 Å². The second kappa shape index (κ2) is 5.38. The summed E-state index contributed by atoms with van der Waals surface area (Å²) in [4.78, 5) is 9.90. The highest BCUT2D eigenvalue weighted by atomic mass is 19.4. The van der Waals surface area contributed by atoms with Crippen LogP contribution >= 0.6 is 0 Å². The molecule has 0 unspecified atom stereocenters. The monoisotopic (exact) mass is 324 g/mol. The summed E-state index contributed by atoms with van der Waals surface area (Å²) in [6, 6.07) is 5.12. The Morgan fingerprint density at radius 2 is 1.70 bits per heavy atom. The maximum atomic E-state index is 13.1. The van der Waals surface area contributed by atoms with Crippen molar-refractivity contribution in [3.05, 3.63) is 29.8 Å². The summed E-state index contributed by atoms with van der Waals surface area (Å²) >= 11 is 0. The molecule has 0 bridgehead atoms. The normalized spacial score (nSPS) is 11.7. The fraction of sp³-hybridized carbons (Fsp3) is 0.231. The number of fused-ring (bicyclic) bond motifs is 1. The Bertz CT molecular complexity index is 845. The molecule has 23 heavy (non-hydrogen) atoms. The van der Waals surface area contributed by atoms with E-state index in [1.165, 1.54) is 18.2 Å². The molecule has 7 nitrogen and oxygen atoms in total. The van der Waals surface area contributed by atoms with E-state index < -0.39 is 11.7 Å². The van der Waals surface area contributed by atoms with Crippen LogP contribution in [0.3, 0.4) is 0 Å². The third-order valence-electron chi connectivity index (χ3n) is 3.01. The SMILES string of the molecule is CN(C)c1nc2nonc2nc1Nc1ccccc1C(F)(F)F. The average Bonchev–Trinajstić information content (AvgIpc) is 2.93. The first kappa shape index (κ1) is 15.0. The molecule has 0 spiro atoms. The molecule has 0 aliphatic carbocycles. The first-order chi connectivity index (χ1) is 10.9. The summed E-state index contributed by atoms with van der Waals surface area (Å²) in [5.74, 6) is 0.431. The van der Waals surface area contributed by atoms with Gasteiger partial charge in [0.2, 0.25) is 11.3 Å². The van der Waals surface area contributed by atoms with Gasteiger partial charge in [0, 0.05) is 14.1 Å². The standard InChI is InChI=1S/C13H11F3N6O/c1-22(2)12-11(18-9-10(19-12)21-23-20-9)17-8-6-4-3-5-7(8)13(14,15)16/h3-6H,1-2H3,(H,17,18,20). The van der Waals surface area contributed by atoms with E-state index in [1.54, 1.807) is 19.0 Å². The molecule has 0 radical (unpaired) electrons. The highest BCUT2D eigenvalue weighted by Gasteiger charge is 2.33. The molecule has 2 aromatic heterocycles. The molecule has 0 amide bonds. The number of hydrogen-bond donors (Lipinski definition) is 1. The van der Waals surface area contributed by atoms with Gasteiger partial charge in [-0.05, 0) is 22.4 Å². The zero-order valence-electron chi connectivity index (χ0n) is 12.1. The predicted molar refractivity (Wildman–Crippen MR) is 76.4 cm³/mol. The van der Waals surface area contributed by atoms with E-state index >= 15 is 0 Å². The van der Waals surface area contributed by atoms with E-state index in [4.69, 9.17) is 0 Å². The minimum absolute atomic E-state index is 0.0996. The topological polar surface area (TPSA) is 80.0 Å². The molecule has 120 valence electrons. The summed E-state index contributed by atoms with van der Waals surface area (Å²) < 4.78 is 43.8. The van der Waals surface area contributed by atoms with Crippen molar-refractivity contribution in [2.75, 3.05) is 24.3 Å². The number of rotatable bonds is 3. The molecule has 3 rings (SSSR count). The summed E-state index contributed by atoms with van der Waals surface area (Å²) in [6.45, 7) is 0. The van der Waals surface area contributed by atoms with Crippen molar-refractivity contribution in [1.82, 2.24) is 20.3 Å². The first-order valence-electron chi connectivity index (χ1n) is 6.47. The van der Waals surface area contributed by atoms with Gasteiger partial charge in [0.25, 0.3) is 0 Å². The number of hydrogen-bond acceptors (Lipinski definition) is 7. The van der Waals surface area contributed by atoms with Crippen LogP contribution in [0.4, 0.5) is 30.5 Å². The lowest BCUT2D eigenvalue weighted by molar-refractivity contribution is -0.136. The molecule has 1 aromatic carbocycles. The van der Waals surface area contributed by atoms with E-state index in [2.05, 4.69) is 30.2 Å². The minimum atomic E-state index is -4.49. The van der Waals surface area contributed by atoms with Gasteiger partial charge >= 0.3 is 6.18 Å². The molecule has 1 N–H and O–H groups in total. The van der Waals surface area contributed by atoms with Gasteiger partial charge in [0.1, 0.15) is 0 Å². The lowest BCUT2D eigenvalue weighted by Gasteiger charge is -2.18. The molecule has 2 heterocycles. The molecule has 0 fully saturated rings. The van der Waals surface area contributed by atoms with Gasteiger partial charge in [-0.2, -0.15) is 13.2 Å². The molecule has 0 atom stereocenters. The second-order valence-electron chi connectivity index (χ2n) is 4.87. The van der Waals surface area contributed by atoms with E-state index in [1.807, 2.05) is 0 Å². The van der Waals surface area contributed by atoms with Crippen molar-refractivity contribution in [2.24, 2.45) is 0 Å². The summed E-state index contributed by atoms with van der Waals surface area (Å²) in [5.41, 5.74) is -0.663. The Labute approximate surface area is 128 Å². The maximum absolute atomic E-state index is 13.1. The molecule has 0 saturated heterocycles. The third kappa shape index (κ3) is 2.87. The average molecular weight is 324 g/mol. The number of nitrogens with zero attached hydrogens (tertiary/aromatic N) is 5. The van der Waals surface area contributed by atoms with Crippen LogP contribution in [0.1, 0.15) is 5.56 Å². The van der Waals surface area contributed by atoms with Crippen LogP contribution in [0.2, 0.25) is 0 Å². The Kier molecular flexibility index (Phi) is 3.51. The van der Waals surface area contributed by atoms with Crippen LogP contribution in [0.15, 0.2) is 28.9 Å². The predicted octanol–water partition coefficient (Wildman–Crippen LogP) is 2.84. The van der Waals surface area contributed by atoms with Crippen molar-refractivity contribution < 1.29 is 17.8 Å². The van der Waals surface area contributed by atoms with E-state index in [0.717, 1.165) is 6.07 Å². The fourth-order valence-electron chi connectivity index (χ4n) is 1.99. The van der Waals surface area contributed by atoms with Crippen molar-refractivity contribution in [3.63, 3.8) is 0 Å². The van der Waals surface area contributed by atoms with Crippen LogP contribution in [-0.4, -0.2) is 34.4 Å². The molecule has 0 aliphatic heterocycles. The van der Waals surface area contributed by atoms with Gasteiger partial charge in [-0.15, -0.1) is 0 Å². The summed E-state index contributed by atoms with van der Waals surface area (Å²) in [6.07, 6.45) is -4.49. The van der Waals surface area contributed by atoms with Gasteiger partial charge in [-0.3, -0.25) is 0 Å². The third-order valence-corrected chi connectivity index (χ3v) is 3.01. The van der Waals surface area contributed by atoms with Crippen LogP contribution in [-0.2, 0) is 6.18 Å². The Balaban J connectivity index is 2.10. The Hall–Kier alpha value is -2.91. The smallest absolute Gasteiger partial charge is 0.360 e. The minimum Gasteiger partial charge on any atom is -0.360 e. The first-order valence-corrected chi connectivity index (χ1v) is 6.47. The number of halogens is 3. The molecule has 10 heteroatoms. The highest BCUT2D eigenvalue weighted by molar-refractivity contribution is 5.77. The number of alkyl halides is 3. The van der Waals surface area contributed by atoms with E-state index in [9.17, 15) is 13.2 Å². The molecular formula is C13H11F3N6O. The Morgan fingerprint density at radius 1 is 1.04 bits per heavy atom. The number of aromatic nitrogens is 4. The fourth-order valence-corrected chi connectivity index (χ4v) is 1.99. The lowest BCUT2D eigenvalue weighted by Crippen LogP contribution is -2.15. The van der Waals surface area contributed by atoms with Gasteiger partial charge in [-0.1, -0.05) is 12.1 Å². The van der Waals surface area contributed by atoms with Crippen molar-refractivity contribution in [1.29, 1.82) is 0 Å². The van der Waals surface area contributed by atoms with Crippen LogP contribution < -0.4 is 10.2 Å². The number of benzene rings is 1. The second-order valence-corrected chi connectivity index (χ2v) is 4.87. The summed E-state index contributed by atoms with van der Waals surface area (Å²) in [5, 5.41) is 9.79. The van der Waals surface area contributed by atoms with Gasteiger partial charge in [-0.25, -0.2) is 14.6 Å². The number of anilines is 3. The largest absolute Gasteiger partial charge is 0.418 e. The molecular weight excluding hydrogens is 313 g/mol. The number of nitrogens with one attached hydrogen (secondary N) is 1. The molecule has 0 saturated carbocycles. The van der Waals surface area contributed by atoms with Gasteiger partial charge in [0.05, 0.1) is 11.3 Å². The highest BCUT2D eigenvalue weighted by Crippen LogP contribution is 2.36. The van der Waals surface area contributed by atoms with Gasteiger partial charge in [0.15, 0.2) is 11.6 Å². The van der Waals surface area contributed by atoms with E-state index in [0.29, 0.717) is 5.82 Å². The lowest BCUT2D eigenvalue weighted by atomic mass is 10.1. The van der Waals surface area contributed by atoms with Crippen molar-refractivity contribution in [3.8, 4) is 0 Å². The Morgan fingerprint density at radius 3 is 2.35 bits per heavy atom. The van der Waals surface area contributed by atoms with Crippen molar-refractivity contribution >= 4 is 28.6 Å². The van der Waals surface area contributed by atoms with Crippen molar-refractivity contribution in [2.45, 2.75) is 6.18 Å². The van der Waals surface area contributed by atoms with Crippen LogP contribution in [0, 0.1) is 0 Å². The van der Waals surface area contributed by atoms with Crippen LogP contribution in [0.5, 0.6) is 0 Å². The number of para-hydroxylation sites is 1. The van der Waals surface area contributed by atoms with Gasteiger partial charge < -0.3 is 10.2 Å². The quantitative estimate of drug-likeness (QED) is 0.793. The zero-order chi connectivity index (χ0) is 16.6. The molecule has 0 aliphatic rings. The summed E-state index contributed by atoms with van der Waals surface area (Å²) in [7, 11) is 3.37. The zero-order valence-corrected chi connectivity index (χ0v) is 12.1. The van der Waals surface area contributed by atoms with Crippen LogP contribution in [0.25, 0.3) is 11.3 Å². The maximum Gasteiger partial charge on any atom is 0.418 e. The molecule has 3 aromatic rings.